The number of urea groups is 2. The summed E-state index contributed by atoms with van der Waals surface area (Å²) in [6.07, 6.45) is 10.1. The third-order valence-corrected chi connectivity index (χ3v) is 15.5. The summed E-state index contributed by atoms with van der Waals surface area (Å²) in [4.78, 5) is 161. The van der Waals surface area contributed by atoms with Crippen LogP contribution in [0.1, 0.15) is 130 Å². The average molecular weight is 1310 g/mol. The van der Waals surface area contributed by atoms with Gasteiger partial charge in [0.1, 0.15) is 17.5 Å². The van der Waals surface area contributed by atoms with Gasteiger partial charge in [0.05, 0.1) is 52.2 Å². The van der Waals surface area contributed by atoms with Crippen LogP contribution < -0.4 is 40.5 Å². The first-order valence-electron chi connectivity index (χ1n) is 31.6. The molecule has 0 radical (unpaired) electrons. The number of ketones is 2. The minimum Gasteiger partial charge on any atom is -0.495 e. The lowest BCUT2D eigenvalue weighted by atomic mass is 10.0. The Balaban J connectivity index is 0.000000304. The predicted molar refractivity (Wildman–Crippen MR) is 354 cm³/mol. The molecule has 0 aromatic heterocycles. The first-order valence-corrected chi connectivity index (χ1v) is 31.6. The van der Waals surface area contributed by atoms with Gasteiger partial charge in [-0.2, -0.15) is 0 Å². The number of rotatable bonds is 34. The Hall–Kier alpha value is -10.3. The van der Waals surface area contributed by atoms with Crippen molar-refractivity contribution >= 4 is 105 Å². The summed E-state index contributed by atoms with van der Waals surface area (Å²) < 4.78 is 26.2. The largest absolute Gasteiger partial charge is 0.495 e. The zero-order chi connectivity index (χ0) is 69.1. The van der Waals surface area contributed by atoms with E-state index in [2.05, 4.69) is 32.9 Å². The summed E-state index contributed by atoms with van der Waals surface area (Å²) >= 11 is 0. The number of hydrogen-bond acceptors (Lipinski definition) is 17. The molecule has 2 aliphatic rings. The molecule has 0 spiro atoms. The number of nitrogens with zero attached hydrogens (tertiary/aromatic N) is 4. The molecule has 506 valence electrons. The quantitative estimate of drug-likeness (QED) is 0.0129. The summed E-state index contributed by atoms with van der Waals surface area (Å²) in [5, 5.41) is 10.5. The summed E-state index contributed by atoms with van der Waals surface area (Å²) in [5.41, 5.74) is 1.95. The molecule has 5 aromatic rings. The molecule has 5 atom stereocenters. The molecule has 5 unspecified atom stereocenters. The maximum Gasteiger partial charge on any atom is 0.335 e. The lowest BCUT2D eigenvalue weighted by Gasteiger charge is -2.24. The fourth-order valence-corrected chi connectivity index (χ4v) is 10.6. The van der Waals surface area contributed by atoms with Crippen LogP contribution in [0.25, 0.3) is 0 Å². The zero-order valence-electron chi connectivity index (χ0n) is 54.8. The second kappa shape index (κ2) is 36.8. The van der Waals surface area contributed by atoms with Crippen LogP contribution in [0.3, 0.4) is 0 Å². The lowest BCUT2D eigenvalue weighted by Crippen LogP contribution is -2.52. The highest BCUT2D eigenvalue weighted by Gasteiger charge is 2.54. The van der Waals surface area contributed by atoms with Crippen molar-refractivity contribution in [2.75, 3.05) is 65.6 Å². The number of unbranched alkanes of at least 4 members (excludes halogenated alkanes) is 9. The van der Waals surface area contributed by atoms with Crippen molar-refractivity contribution in [1.82, 2.24) is 9.80 Å². The smallest absolute Gasteiger partial charge is 0.335 e. The molecule has 5 aromatic carbocycles. The van der Waals surface area contributed by atoms with Crippen LogP contribution in [0.4, 0.5) is 43.7 Å². The van der Waals surface area contributed by atoms with E-state index in [9.17, 15) is 57.5 Å². The normalized spacial score (nSPS) is 15.2. The molecule has 2 aliphatic heterocycles. The topological polar surface area (TPSA) is 312 Å². The van der Waals surface area contributed by atoms with Gasteiger partial charge in [0.15, 0.2) is 23.7 Å². The number of nitrogens with one attached hydrogen (secondary N) is 4. The number of carbonyl (C=O) groups excluding carboxylic acids is 12. The number of benzene rings is 5. The number of esters is 2. The Morgan fingerprint density at radius 2 is 0.968 bits per heavy atom. The van der Waals surface area contributed by atoms with E-state index in [4.69, 9.17) is 18.9 Å². The lowest BCUT2D eigenvalue weighted by molar-refractivity contribution is -0.145. The third-order valence-electron chi connectivity index (χ3n) is 15.5. The highest BCUT2D eigenvalue weighted by Crippen LogP contribution is 2.38. The highest BCUT2D eigenvalue weighted by molar-refractivity contribution is 6.23. The first kappa shape index (κ1) is 73.7. The van der Waals surface area contributed by atoms with Gasteiger partial charge in [-0.05, 0) is 93.4 Å². The number of imide groups is 2. The molecule has 2 fully saturated rings. The van der Waals surface area contributed by atoms with Crippen molar-refractivity contribution < 1.29 is 81.2 Å². The van der Waals surface area contributed by atoms with E-state index in [1.165, 1.54) is 108 Å². The predicted octanol–water partition coefficient (Wildman–Crippen LogP) is 10.5. The maximum absolute atomic E-state index is 13.9. The summed E-state index contributed by atoms with van der Waals surface area (Å²) in [6, 6.07) is 27.8. The van der Waals surface area contributed by atoms with Gasteiger partial charge in [-0.25, -0.2) is 19.4 Å². The Morgan fingerprint density at radius 1 is 0.505 bits per heavy atom. The fourth-order valence-electron chi connectivity index (χ4n) is 10.6. The number of methoxy groups -OCH3 is 3. The van der Waals surface area contributed by atoms with E-state index < -0.39 is 101 Å². The third kappa shape index (κ3) is 20.1. The van der Waals surface area contributed by atoms with E-state index >= 15 is 0 Å². The monoisotopic (exact) mass is 1310 g/mol. The second-order valence-corrected chi connectivity index (χ2v) is 22.5. The van der Waals surface area contributed by atoms with Crippen molar-refractivity contribution in [3.05, 3.63) is 133 Å². The van der Waals surface area contributed by atoms with E-state index in [1.54, 1.807) is 105 Å². The van der Waals surface area contributed by atoms with Crippen LogP contribution in [0.2, 0.25) is 0 Å². The number of ether oxygens (including phenoxy) is 5. The molecule has 7 rings (SSSR count). The molecule has 2 heterocycles. The van der Waals surface area contributed by atoms with Gasteiger partial charge in [-0.1, -0.05) is 138 Å². The maximum atomic E-state index is 13.9. The van der Waals surface area contributed by atoms with Gasteiger partial charge in [-0.15, -0.1) is 0 Å². The summed E-state index contributed by atoms with van der Waals surface area (Å²) in [7, 11) is 3.95. The van der Waals surface area contributed by atoms with Crippen LogP contribution in [0, 0.1) is 5.92 Å². The highest BCUT2D eigenvalue weighted by atomic mass is 16.5. The number of amides is 10. The van der Waals surface area contributed by atoms with Gasteiger partial charge in [0.2, 0.25) is 18.0 Å². The van der Waals surface area contributed by atoms with Crippen molar-refractivity contribution in [2.45, 2.75) is 142 Å². The van der Waals surface area contributed by atoms with E-state index in [0.717, 1.165) is 38.0 Å². The van der Waals surface area contributed by atoms with Crippen molar-refractivity contribution in [2.24, 2.45) is 5.92 Å². The summed E-state index contributed by atoms with van der Waals surface area (Å²) in [5.74, 6) is -7.29. The standard InChI is InChI=1S/C38H52N4O9.C32H32N4O8/c1-5-7-8-9-10-11-12-13-14-18-25-51-33(45)24-23-32(44)39-28-21-22-31(49-4)30(26-28)40-35(46)34(27(3)43)42-36(47)37(50-6-2)41(38(42)48)29-19-16-15-17-20-29;1-19(17-26(38)44-4)29(39)33-22-15-16-25(43-3)24(18-22)34-30(40)27(20(2)37)36-31(41)28(21-11-7-5-8-12-21)35(32(36)42)23-13-9-6-10-14-23/h15-17,19-22,26,34,37H,5-14,18,23-25H2,1-4H3,(H,39,44)(H,40,46);5-16,18-19,27-28H,17H2,1-4H3,(H,33,39)(H,34,40). The average Bonchev–Trinajstić information content (AvgIpc) is 1.61. The second-order valence-electron chi connectivity index (χ2n) is 22.5. The Kier molecular flexibility index (Phi) is 28.6. The van der Waals surface area contributed by atoms with E-state index in [-0.39, 0.29) is 60.1 Å². The number of Topliss-reactive ketones (excluding diaryl/α,β-unsaturated/α-hetero) is 2. The molecule has 2 saturated heterocycles. The molecule has 0 aliphatic carbocycles. The minimum absolute atomic E-state index is 0.0702. The Morgan fingerprint density at radius 3 is 1.45 bits per heavy atom. The van der Waals surface area contributed by atoms with Gasteiger partial charge >= 0.3 is 24.0 Å². The van der Waals surface area contributed by atoms with Crippen molar-refractivity contribution in [1.29, 1.82) is 0 Å². The molecule has 25 nitrogen and oxygen atoms in total. The molecule has 95 heavy (non-hydrogen) atoms. The molecule has 0 saturated carbocycles. The van der Waals surface area contributed by atoms with Crippen LogP contribution in [0.5, 0.6) is 11.5 Å². The molecule has 0 bridgehead atoms. The van der Waals surface area contributed by atoms with Crippen molar-refractivity contribution in [3.63, 3.8) is 0 Å². The van der Waals surface area contributed by atoms with Crippen LogP contribution in [0.15, 0.2) is 127 Å². The minimum atomic E-state index is -1.82. The van der Waals surface area contributed by atoms with Crippen LogP contribution >= 0.6 is 0 Å². The Labute approximate surface area is 552 Å². The molecular formula is C70H84N8O17. The van der Waals surface area contributed by atoms with Crippen molar-refractivity contribution in [3.8, 4) is 11.5 Å². The number of hydrogen-bond donors (Lipinski definition) is 4. The summed E-state index contributed by atoms with van der Waals surface area (Å²) in [6.45, 7) is 8.06. The van der Waals surface area contributed by atoms with E-state index in [0.29, 0.717) is 33.3 Å². The Bertz CT molecular complexity index is 3460. The fraction of sp³-hybridized carbons (Fsp3) is 0.400. The number of para-hydroxylation sites is 2. The van der Waals surface area contributed by atoms with Gasteiger partial charge in [-0.3, -0.25) is 57.7 Å². The van der Waals surface area contributed by atoms with Gasteiger partial charge < -0.3 is 45.0 Å². The van der Waals surface area contributed by atoms with Crippen LogP contribution in [-0.2, 0) is 62.2 Å². The number of anilines is 6. The molecule has 10 amide bonds. The number of carbonyl (C=O) groups is 12. The van der Waals surface area contributed by atoms with E-state index in [1.807, 2.05) is 0 Å². The van der Waals surface area contributed by atoms with Gasteiger partial charge in [0, 0.05) is 41.7 Å². The molecular weight excluding hydrogens is 1220 g/mol. The molecule has 4 N–H and O–H groups in total. The van der Waals surface area contributed by atoms with Crippen LogP contribution in [-0.4, -0.2) is 134 Å². The first-order chi connectivity index (χ1) is 45.7. The van der Waals surface area contributed by atoms with Gasteiger partial charge in [0.25, 0.3) is 23.6 Å². The molecule has 25 heteroatoms. The zero-order valence-corrected chi connectivity index (χ0v) is 54.8. The SMILES string of the molecule is CCCCCCCCCCCCOC(=O)CCC(=O)Nc1ccc(OC)c(NC(=O)C(C(C)=O)N2C(=O)C(OCC)N(c3ccccc3)C2=O)c1.COC(=O)CC(C)C(=O)Nc1ccc(OC)c(NC(=O)C(C(C)=O)N2C(=O)C(c3ccccc3)N(c3ccccc3)C2=O)c1.